The second-order valence-corrected chi connectivity index (χ2v) is 3.57. The van der Waals surface area contributed by atoms with Gasteiger partial charge in [0.15, 0.2) is 12.0 Å². The van der Waals surface area contributed by atoms with Crippen LogP contribution in [0, 0.1) is 0 Å². The van der Waals surface area contributed by atoms with E-state index < -0.39 is 24.2 Å². The third-order valence-electron chi connectivity index (χ3n) is 1.81. The van der Waals surface area contributed by atoms with Crippen LogP contribution in [-0.2, 0) is 5.33 Å². The van der Waals surface area contributed by atoms with Gasteiger partial charge in [-0.3, -0.25) is 4.79 Å². The molecule has 0 bridgehead atoms. The molecule has 0 fully saturated rings. The topological polar surface area (TPSA) is 39.2 Å². The fourth-order valence-corrected chi connectivity index (χ4v) is 1.58. The molecule has 3 nitrogen and oxygen atoms in total. The van der Waals surface area contributed by atoms with Crippen LogP contribution in [0.5, 0.6) is 5.75 Å². The van der Waals surface area contributed by atoms with Crippen molar-refractivity contribution >= 4 is 22.2 Å². The van der Waals surface area contributed by atoms with Crippen molar-refractivity contribution in [2.45, 2.75) is 18.1 Å². The minimum Gasteiger partial charge on any atom is -0.404 e. The molecule has 0 amide bonds. The Morgan fingerprint density at radius 1 is 1.44 bits per heavy atom. The van der Waals surface area contributed by atoms with Gasteiger partial charge in [0.05, 0.1) is 5.69 Å². The number of carbonyl (C=O) groups excluding carboxylic acids is 1. The van der Waals surface area contributed by atoms with E-state index in [1.165, 1.54) is 0 Å². The maximum absolute atomic E-state index is 12.5. The molecule has 1 aromatic heterocycles. The summed E-state index contributed by atoms with van der Waals surface area (Å²) >= 11 is 2.89. The maximum atomic E-state index is 12.5. The van der Waals surface area contributed by atoms with Crippen molar-refractivity contribution in [2.24, 2.45) is 0 Å². The molecule has 0 spiro atoms. The zero-order valence-corrected chi connectivity index (χ0v) is 10.1. The summed E-state index contributed by atoms with van der Waals surface area (Å²) in [7, 11) is 0. The Bertz CT molecular complexity index is 449. The summed E-state index contributed by atoms with van der Waals surface area (Å²) in [6.45, 7) is 0. The van der Waals surface area contributed by atoms with Crippen molar-refractivity contribution in [1.82, 2.24) is 4.98 Å². The number of pyridine rings is 1. The van der Waals surface area contributed by atoms with Crippen LogP contribution < -0.4 is 4.74 Å². The minimum absolute atomic E-state index is 0.0485. The smallest absolute Gasteiger partial charge is 0.404 e. The highest BCUT2D eigenvalue weighted by atomic mass is 79.9. The molecule has 0 aliphatic carbocycles. The first-order chi connectivity index (χ1) is 8.28. The van der Waals surface area contributed by atoms with Crippen LogP contribution in [-0.4, -0.2) is 17.6 Å². The maximum Gasteiger partial charge on any atom is 0.573 e. The van der Waals surface area contributed by atoms with Gasteiger partial charge in [0.25, 0.3) is 6.43 Å². The van der Waals surface area contributed by atoms with E-state index in [1.54, 1.807) is 0 Å². The van der Waals surface area contributed by atoms with Gasteiger partial charge in [0.1, 0.15) is 5.69 Å². The molecular formula is C9H5BrF5NO2. The van der Waals surface area contributed by atoms with E-state index in [0.717, 1.165) is 0 Å². The Balaban J connectivity index is 3.33. The molecule has 0 unspecified atom stereocenters. The van der Waals surface area contributed by atoms with Crippen LogP contribution >= 0.6 is 15.9 Å². The lowest BCUT2D eigenvalue weighted by molar-refractivity contribution is -0.275. The summed E-state index contributed by atoms with van der Waals surface area (Å²) in [4.78, 5) is 13.9. The van der Waals surface area contributed by atoms with Crippen LogP contribution in [0.4, 0.5) is 22.0 Å². The number of aromatic nitrogens is 1. The number of nitrogens with zero attached hydrogens (tertiary/aromatic N) is 1. The number of alkyl halides is 6. The predicted octanol–water partition coefficient (Wildman–Crippen LogP) is 3.63. The molecule has 9 heteroatoms. The Kier molecular flexibility index (Phi) is 4.60. The lowest BCUT2D eigenvalue weighted by atomic mass is 10.2. The molecule has 0 atom stereocenters. The molecule has 1 aromatic rings. The number of halogens is 6. The molecule has 0 aliphatic heterocycles. The van der Waals surface area contributed by atoms with Crippen molar-refractivity contribution < 1.29 is 31.5 Å². The summed E-state index contributed by atoms with van der Waals surface area (Å²) in [6.07, 6.45) is -8.18. The summed E-state index contributed by atoms with van der Waals surface area (Å²) in [5.74, 6) is -1.18. The van der Waals surface area contributed by atoms with Crippen molar-refractivity contribution in [3.8, 4) is 5.75 Å². The van der Waals surface area contributed by atoms with Gasteiger partial charge in [0, 0.05) is 10.9 Å². The fraction of sp³-hybridized carbons (Fsp3) is 0.333. The fourth-order valence-electron chi connectivity index (χ4n) is 1.14. The average molecular weight is 334 g/mol. The number of rotatable bonds is 4. The first kappa shape index (κ1) is 14.8. The van der Waals surface area contributed by atoms with E-state index in [-0.39, 0.29) is 22.9 Å². The van der Waals surface area contributed by atoms with Crippen LogP contribution in [0.1, 0.15) is 28.2 Å². The number of ether oxygens (including phenoxy) is 1. The molecule has 0 saturated carbocycles. The molecule has 1 heterocycles. The molecule has 18 heavy (non-hydrogen) atoms. The second kappa shape index (κ2) is 5.59. The summed E-state index contributed by atoms with van der Waals surface area (Å²) in [5, 5.41) is -0.0485. The van der Waals surface area contributed by atoms with E-state index in [1.807, 2.05) is 0 Å². The number of aldehydes is 1. The third kappa shape index (κ3) is 3.62. The van der Waals surface area contributed by atoms with E-state index >= 15 is 0 Å². The number of hydrogen-bond acceptors (Lipinski definition) is 3. The second-order valence-electron chi connectivity index (χ2n) is 3.01. The van der Waals surface area contributed by atoms with E-state index in [4.69, 9.17) is 0 Å². The standard InChI is InChI=1S/C9H5BrF5NO2/c10-2-5-4(3-17)1-6(18-9(13,14)15)7(16-5)8(11)12/h1,3,8H,2H2. The lowest BCUT2D eigenvalue weighted by Gasteiger charge is -2.14. The lowest BCUT2D eigenvalue weighted by Crippen LogP contribution is -2.19. The molecule has 0 N–H and O–H groups in total. The highest BCUT2D eigenvalue weighted by Gasteiger charge is 2.34. The molecular weight excluding hydrogens is 329 g/mol. The van der Waals surface area contributed by atoms with Crippen LogP contribution in [0.15, 0.2) is 6.07 Å². The van der Waals surface area contributed by atoms with E-state index in [2.05, 4.69) is 25.7 Å². The molecule has 0 aliphatic rings. The average Bonchev–Trinajstić information content (AvgIpc) is 2.25. The predicted molar refractivity (Wildman–Crippen MR) is 53.9 cm³/mol. The highest BCUT2D eigenvalue weighted by Crippen LogP contribution is 2.33. The van der Waals surface area contributed by atoms with Crippen molar-refractivity contribution in [3.63, 3.8) is 0 Å². The van der Waals surface area contributed by atoms with Gasteiger partial charge >= 0.3 is 6.36 Å². The Morgan fingerprint density at radius 3 is 2.44 bits per heavy atom. The largest absolute Gasteiger partial charge is 0.573 e. The summed E-state index contributed by atoms with van der Waals surface area (Å²) < 4.78 is 64.5. The third-order valence-corrected chi connectivity index (χ3v) is 2.34. The SMILES string of the molecule is O=Cc1cc(OC(F)(F)F)c(C(F)F)nc1CBr. The molecule has 100 valence electrons. The van der Waals surface area contributed by atoms with Gasteiger partial charge in [-0.05, 0) is 6.07 Å². The Morgan fingerprint density at radius 2 is 2.06 bits per heavy atom. The number of carbonyl (C=O) groups is 1. The normalized spacial score (nSPS) is 11.7. The zero-order chi connectivity index (χ0) is 13.9. The van der Waals surface area contributed by atoms with E-state index in [9.17, 15) is 26.7 Å². The Hall–Kier alpha value is -1.25. The van der Waals surface area contributed by atoms with Gasteiger partial charge in [-0.25, -0.2) is 13.8 Å². The van der Waals surface area contributed by atoms with Crippen LogP contribution in [0.25, 0.3) is 0 Å². The van der Waals surface area contributed by atoms with Gasteiger partial charge in [-0.15, -0.1) is 13.2 Å². The molecule has 0 aromatic carbocycles. The Labute approximate surface area is 106 Å². The van der Waals surface area contributed by atoms with Gasteiger partial charge in [-0.2, -0.15) is 0 Å². The van der Waals surface area contributed by atoms with Crippen LogP contribution in [0.2, 0.25) is 0 Å². The van der Waals surface area contributed by atoms with Gasteiger partial charge in [-0.1, -0.05) is 15.9 Å². The van der Waals surface area contributed by atoms with Gasteiger partial charge < -0.3 is 4.74 Å². The molecule has 1 rings (SSSR count). The molecule has 0 radical (unpaired) electrons. The van der Waals surface area contributed by atoms with Crippen molar-refractivity contribution in [1.29, 1.82) is 0 Å². The quantitative estimate of drug-likeness (QED) is 0.480. The van der Waals surface area contributed by atoms with Crippen molar-refractivity contribution in [2.75, 3.05) is 0 Å². The van der Waals surface area contributed by atoms with Crippen LogP contribution in [0.3, 0.4) is 0 Å². The molecule has 0 saturated heterocycles. The monoisotopic (exact) mass is 333 g/mol. The van der Waals surface area contributed by atoms with Crippen molar-refractivity contribution in [3.05, 3.63) is 23.0 Å². The first-order valence-corrected chi connectivity index (χ1v) is 5.49. The summed E-state index contributed by atoms with van der Waals surface area (Å²) in [6, 6.07) is 0.589. The zero-order valence-electron chi connectivity index (χ0n) is 8.47. The minimum atomic E-state index is -5.14. The summed E-state index contributed by atoms with van der Waals surface area (Å²) in [5.41, 5.74) is -1.50. The number of hydrogen-bond donors (Lipinski definition) is 0. The first-order valence-electron chi connectivity index (χ1n) is 4.37. The van der Waals surface area contributed by atoms with Gasteiger partial charge in [0.2, 0.25) is 0 Å². The van der Waals surface area contributed by atoms with E-state index in [0.29, 0.717) is 6.07 Å². The highest BCUT2D eigenvalue weighted by molar-refractivity contribution is 9.08.